The first-order valence-electron chi connectivity index (χ1n) is 14.5. The molecule has 1 unspecified atom stereocenters. The molecule has 1 fully saturated rings. The summed E-state index contributed by atoms with van der Waals surface area (Å²) in [6.07, 6.45) is -1.86. The number of pyridine rings is 1. The van der Waals surface area contributed by atoms with Gasteiger partial charge in [-0.25, -0.2) is 0 Å². The first kappa shape index (κ1) is 32.2. The molecule has 4 aromatic rings. The molecule has 1 saturated heterocycles. The van der Waals surface area contributed by atoms with Crippen molar-refractivity contribution in [1.29, 1.82) is 0 Å². The molecule has 2 heterocycles. The van der Waals surface area contributed by atoms with Gasteiger partial charge in [-0.3, -0.25) is 14.7 Å². The number of amides is 1. The Hall–Kier alpha value is -4.22. The van der Waals surface area contributed by atoms with Gasteiger partial charge in [0, 0.05) is 56.2 Å². The normalized spacial score (nSPS) is 17.2. The summed E-state index contributed by atoms with van der Waals surface area (Å²) in [5, 5.41) is 2.01. The van der Waals surface area contributed by atoms with E-state index in [1.54, 1.807) is 12.4 Å². The minimum Gasteiger partial charge on any atom is -0.333 e. The van der Waals surface area contributed by atoms with Gasteiger partial charge in [0.05, 0.1) is 11.1 Å². The van der Waals surface area contributed by atoms with Crippen LogP contribution in [-0.2, 0) is 25.2 Å². The average molecular weight is 627 g/mol. The molecular weight excluding hydrogens is 594 g/mol. The number of rotatable bonds is 8. The number of halogens is 6. The molecule has 236 valence electrons. The Balaban J connectivity index is 1.38. The molecule has 1 amide bonds. The number of alkyl halides is 6. The number of carbonyl (C=O) groups excluding carboxylic acids is 1. The minimum absolute atomic E-state index is 0.0344. The van der Waals surface area contributed by atoms with Gasteiger partial charge in [0.25, 0.3) is 5.91 Å². The second-order valence-corrected chi connectivity index (χ2v) is 11.2. The molecule has 1 aromatic heterocycles. The molecule has 1 aliphatic rings. The highest BCUT2D eigenvalue weighted by Gasteiger charge is 2.39. The van der Waals surface area contributed by atoms with Crippen molar-refractivity contribution in [2.45, 2.75) is 37.3 Å². The van der Waals surface area contributed by atoms with Gasteiger partial charge in [0.1, 0.15) is 0 Å². The Morgan fingerprint density at radius 2 is 1.60 bits per heavy atom. The van der Waals surface area contributed by atoms with Crippen LogP contribution in [0.15, 0.2) is 97.3 Å². The van der Waals surface area contributed by atoms with Crippen LogP contribution in [0.1, 0.15) is 32.6 Å². The van der Waals surface area contributed by atoms with E-state index < -0.39 is 41.0 Å². The van der Waals surface area contributed by atoms with E-state index in [0.29, 0.717) is 44.6 Å². The number of nitrogens with two attached hydrogens (primary N) is 1. The quantitative estimate of drug-likeness (QED) is 0.173. The largest absolute Gasteiger partial charge is 0.416 e. The van der Waals surface area contributed by atoms with Crippen LogP contribution in [0.25, 0.3) is 10.8 Å². The van der Waals surface area contributed by atoms with Crippen molar-refractivity contribution in [3.63, 3.8) is 0 Å². The van der Waals surface area contributed by atoms with E-state index >= 15 is 0 Å². The minimum atomic E-state index is -5.05. The first-order chi connectivity index (χ1) is 21.4. The van der Waals surface area contributed by atoms with Gasteiger partial charge in [-0.1, -0.05) is 60.7 Å². The molecule has 2 N–H and O–H groups in total. The lowest BCUT2D eigenvalue weighted by atomic mass is 9.97. The summed E-state index contributed by atoms with van der Waals surface area (Å²) < 4.78 is 81.4. The molecule has 1 aliphatic heterocycles. The molecule has 0 aliphatic carbocycles. The number of piperazine rings is 1. The van der Waals surface area contributed by atoms with Crippen molar-refractivity contribution >= 4 is 16.7 Å². The second kappa shape index (κ2) is 13.4. The second-order valence-electron chi connectivity index (χ2n) is 11.2. The Bertz CT molecular complexity index is 1620. The van der Waals surface area contributed by atoms with Crippen molar-refractivity contribution in [1.82, 2.24) is 14.8 Å². The Morgan fingerprint density at radius 3 is 2.27 bits per heavy atom. The molecule has 45 heavy (non-hydrogen) atoms. The zero-order valence-electron chi connectivity index (χ0n) is 24.2. The van der Waals surface area contributed by atoms with E-state index in [2.05, 4.69) is 9.88 Å². The SMILES string of the molecule is NC(/C=C/CN1CCN(C(=O)c2cc(C(F)(F)F)cc(C(F)(F)F)c2)[C@H](Cc2ccc3ccccc3c2)C1)Cc1cccnc1. The summed E-state index contributed by atoms with van der Waals surface area (Å²) in [5.74, 6) is -0.869. The number of carbonyl (C=O) groups is 1. The van der Waals surface area contributed by atoms with Gasteiger partial charge in [-0.2, -0.15) is 26.3 Å². The highest BCUT2D eigenvalue weighted by atomic mass is 19.4. The maximum absolute atomic E-state index is 13.7. The number of hydrogen-bond acceptors (Lipinski definition) is 4. The van der Waals surface area contributed by atoms with Gasteiger partial charge < -0.3 is 10.6 Å². The monoisotopic (exact) mass is 626 g/mol. The van der Waals surface area contributed by atoms with E-state index in [0.717, 1.165) is 21.9 Å². The van der Waals surface area contributed by atoms with E-state index in [1.165, 1.54) is 4.90 Å². The molecule has 11 heteroatoms. The van der Waals surface area contributed by atoms with Crippen LogP contribution in [-0.4, -0.2) is 59.0 Å². The molecule has 0 saturated carbocycles. The van der Waals surface area contributed by atoms with Crippen molar-refractivity contribution in [2.24, 2.45) is 5.73 Å². The van der Waals surface area contributed by atoms with Crippen molar-refractivity contribution < 1.29 is 31.1 Å². The highest BCUT2D eigenvalue weighted by Crippen LogP contribution is 2.37. The topological polar surface area (TPSA) is 62.5 Å². The zero-order valence-corrected chi connectivity index (χ0v) is 24.2. The smallest absolute Gasteiger partial charge is 0.333 e. The van der Waals surface area contributed by atoms with Crippen molar-refractivity contribution in [2.75, 3.05) is 26.2 Å². The number of fused-ring (bicyclic) bond motifs is 1. The molecule has 2 atom stereocenters. The molecule has 0 bridgehead atoms. The van der Waals surface area contributed by atoms with Crippen LogP contribution in [0.3, 0.4) is 0 Å². The summed E-state index contributed by atoms with van der Waals surface area (Å²) in [4.78, 5) is 21.3. The molecule has 5 rings (SSSR count). The summed E-state index contributed by atoms with van der Waals surface area (Å²) in [6.45, 7) is 1.39. The fourth-order valence-electron chi connectivity index (χ4n) is 5.65. The van der Waals surface area contributed by atoms with Gasteiger partial charge >= 0.3 is 12.4 Å². The fraction of sp³-hybridized carbons (Fsp3) is 0.294. The lowest BCUT2D eigenvalue weighted by Crippen LogP contribution is -2.56. The Labute approximate surface area is 257 Å². The van der Waals surface area contributed by atoms with Crippen LogP contribution in [0.5, 0.6) is 0 Å². The van der Waals surface area contributed by atoms with Crippen LogP contribution >= 0.6 is 0 Å². The van der Waals surface area contributed by atoms with Crippen LogP contribution in [0.4, 0.5) is 26.3 Å². The maximum atomic E-state index is 13.7. The Kier molecular flexibility index (Phi) is 9.59. The standard InChI is InChI=1S/C34H32F6N4O/c35-33(36,37)28-18-27(19-29(20-28)34(38,39)40)32(45)44-14-13-43(12-4-8-30(41)16-24-5-3-11-42-21-24)22-31(44)17-23-9-10-25-6-1-2-7-26(25)15-23/h1-11,15,18-21,30-31H,12-14,16-17,22,41H2/b8-4+/t30?,31-/m1/s1. The molecule has 5 nitrogen and oxygen atoms in total. The number of nitrogens with zero attached hydrogens (tertiary/aromatic N) is 3. The number of hydrogen-bond donors (Lipinski definition) is 1. The zero-order chi connectivity index (χ0) is 32.2. The van der Waals surface area contributed by atoms with Crippen LogP contribution in [0, 0.1) is 0 Å². The molecule has 0 radical (unpaired) electrons. The Morgan fingerprint density at radius 1 is 0.889 bits per heavy atom. The van der Waals surface area contributed by atoms with Gasteiger partial charge in [0.2, 0.25) is 0 Å². The van der Waals surface area contributed by atoms with Crippen LogP contribution in [0.2, 0.25) is 0 Å². The van der Waals surface area contributed by atoms with Crippen LogP contribution < -0.4 is 5.73 Å². The van der Waals surface area contributed by atoms with E-state index in [-0.39, 0.29) is 18.7 Å². The van der Waals surface area contributed by atoms with Crippen molar-refractivity contribution in [3.8, 4) is 0 Å². The number of benzene rings is 3. The lowest BCUT2D eigenvalue weighted by molar-refractivity contribution is -0.143. The molecule has 3 aromatic carbocycles. The predicted octanol–water partition coefficient (Wildman–Crippen LogP) is 6.77. The third-order valence-electron chi connectivity index (χ3n) is 7.89. The predicted molar refractivity (Wildman–Crippen MR) is 160 cm³/mol. The van der Waals surface area contributed by atoms with Gasteiger partial charge in [0.15, 0.2) is 0 Å². The summed E-state index contributed by atoms with van der Waals surface area (Å²) in [7, 11) is 0. The van der Waals surface area contributed by atoms with Gasteiger partial charge in [-0.05, 0) is 59.0 Å². The highest BCUT2D eigenvalue weighted by molar-refractivity contribution is 5.95. The third kappa shape index (κ3) is 8.29. The summed E-state index contributed by atoms with van der Waals surface area (Å²) in [5.41, 5.74) is 4.48. The summed E-state index contributed by atoms with van der Waals surface area (Å²) in [6, 6.07) is 17.7. The maximum Gasteiger partial charge on any atom is 0.416 e. The lowest BCUT2D eigenvalue weighted by Gasteiger charge is -2.41. The first-order valence-corrected chi connectivity index (χ1v) is 14.5. The average Bonchev–Trinajstić information content (AvgIpc) is 3.00. The van der Waals surface area contributed by atoms with E-state index in [1.807, 2.05) is 66.7 Å². The van der Waals surface area contributed by atoms with E-state index in [4.69, 9.17) is 5.73 Å². The third-order valence-corrected chi connectivity index (χ3v) is 7.89. The summed E-state index contributed by atoms with van der Waals surface area (Å²) >= 11 is 0. The van der Waals surface area contributed by atoms with Crippen molar-refractivity contribution in [3.05, 3.63) is 125 Å². The molecule has 0 spiro atoms. The molecular formula is C34H32F6N4O. The fourth-order valence-corrected chi connectivity index (χ4v) is 5.65. The van der Waals surface area contributed by atoms with Gasteiger partial charge in [-0.15, -0.1) is 0 Å². The van der Waals surface area contributed by atoms with E-state index in [9.17, 15) is 31.1 Å². The number of aromatic nitrogens is 1.